The Labute approximate surface area is 132 Å². The number of hydrogen-bond acceptors (Lipinski definition) is 6. The van der Waals surface area contributed by atoms with E-state index in [1.165, 1.54) is 5.69 Å². The Bertz CT molecular complexity index is 468. The molecule has 1 aromatic rings. The molecule has 1 saturated heterocycles. The molecule has 0 bridgehead atoms. The van der Waals surface area contributed by atoms with Gasteiger partial charge in [0.1, 0.15) is 5.60 Å². The second kappa shape index (κ2) is 7.89. The van der Waals surface area contributed by atoms with E-state index in [1.54, 1.807) is 0 Å². The van der Waals surface area contributed by atoms with Crippen LogP contribution in [0.15, 0.2) is 12.1 Å². The molecule has 1 aromatic carbocycles. The number of carbonyl (C=O) groups is 1. The first-order chi connectivity index (χ1) is 10.2. The van der Waals surface area contributed by atoms with Crippen molar-refractivity contribution in [1.82, 2.24) is 5.32 Å². The minimum Gasteiger partial charge on any atom is -0.462 e. The van der Waals surface area contributed by atoms with Gasteiger partial charge in [-0.15, -0.1) is 0 Å². The van der Waals surface area contributed by atoms with Gasteiger partial charge in [0.15, 0.2) is 0 Å². The van der Waals surface area contributed by atoms with E-state index in [0.29, 0.717) is 17.8 Å². The lowest BCUT2D eigenvalue weighted by Crippen LogP contribution is -2.43. The predicted molar refractivity (Wildman–Crippen MR) is 92.0 cm³/mol. The molecule has 5 N–H and O–H groups in total. The molecule has 0 spiro atoms. The van der Waals surface area contributed by atoms with Crippen molar-refractivity contribution in [2.24, 2.45) is 0 Å². The lowest BCUT2D eigenvalue weighted by Gasteiger charge is -2.30. The summed E-state index contributed by atoms with van der Waals surface area (Å²) in [6, 6.07) is 4.07. The molecule has 6 nitrogen and oxygen atoms in total. The highest BCUT2D eigenvalue weighted by Gasteiger charge is 2.12. The molecule has 1 fully saturated rings. The van der Waals surface area contributed by atoms with Gasteiger partial charge in [-0.2, -0.15) is 0 Å². The van der Waals surface area contributed by atoms with Crippen LogP contribution in [0.3, 0.4) is 0 Å². The summed E-state index contributed by atoms with van der Waals surface area (Å²) in [6.07, 6.45) is 0. The smallest absolute Gasteiger partial charge is 0.293 e. The number of hydrogen-bond donors (Lipinski definition) is 3. The van der Waals surface area contributed by atoms with Gasteiger partial charge in [0.25, 0.3) is 6.47 Å². The van der Waals surface area contributed by atoms with Crippen molar-refractivity contribution in [3.05, 3.63) is 17.7 Å². The van der Waals surface area contributed by atoms with Crippen LogP contribution in [0, 0.1) is 6.92 Å². The van der Waals surface area contributed by atoms with E-state index in [-0.39, 0.29) is 5.60 Å². The van der Waals surface area contributed by atoms with Crippen LogP contribution in [-0.4, -0.2) is 38.3 Å². The number of carbonyl (C=O) groups excluding carboxylic acids is 1. The summed E-state index contributed by atoms with van der Waals surface area (Å²) in [7, 11) is 0. The third-order valence-corrected chi connectivity index (χ3v) is 3.29. The molecule has 124 valence electrons. The largest absolute Gasteiger partial charge is 0.462 e. The van der Waals surface area contributed by atoms with Gasteiger partial charge >= 0.3 is 0 Å². The number of aryl methyl sites for hydroxylation is 1. The summed E-state index contributed by atoms with van der Waals surface area (Å²) in [4.78, 5) is 11.9. The molecule has 1 aliphatic rings. The number of nitrogens with zero attached hydrogens (tertiary/aromatic N) is 1. The predicted octanol–water partition coefficient (Wildman–Crippen LogP) is 1.53. The minimum atomic E-state index is -0.318. The third kappa shape index (κ3) is 5.81. The molecule has 0 aliphatic carbocycles. The van der Waals surface area contributed by atoms with Crippen LogP contribution in [0.2, 0.25) is 0 Å². The SMILES string of the molecule is CC(C)(C)OC=O.Cc1cc(N2CCNCC2)cc(N)c1N. The average Bonchev–Trinajstić information content (AvgIpc) is 2.44. The molecule has 22 heavy (non-hydrogen) atoms. The Morgan fingerprint density at radius 1 is 1.23 bits per heavy atom. The molecular formula is C16H28N4O2. The van der Waals surface area contributed by atoms with Gasteiger partial charge in [-0.05, 0) is 45.4 Å². The highest BCUT2D eigenvalue weighted by atomic mass is 16.5. The van der Waals surface area contributed by atoms with E-state index in [0.717, 1.165) is 31.7 Å². The number of benzene rings is 1. The Morgan fingerprint density at radius 3 is 2.23 bits per heavy atom. The fourth-order valence-electron chi connectivity index (χ4n) is 2.06. The van der Waals surface area contributed by atoms with Gasteiger partial charge < -0.3 is 26.4 Å². The van der Waals surface area contributed by atoms with E-state index in [9.17, 15) is 4.79 Å². The van der Waals surface area contributed by atoms with Crippen molar-refractivity contribution in [1.29, 1.82) is 0 Å². The number of anilines is 3. The van der Waals surface area contributed by atoms with E-state index < -0.39 is 0 Å². The first-order valence-corrected chi connectivity index (χ1v) is 7.47. The maximum atomic E-state index is 9.60. The molecule has 0 atom stereocenters. The second-order valence-electron chi connectivity index (χ2n) is 6.33. The van der Waals surface area contributed by atoms with Crippen LogP contribution in [-0.2, 0) is 9.53 Å². The first-order valence-electron chi connectivity index (χ1n) is 7.47. The van der Waals surface area contributed by atoms with Crippen LogP contribution in [0.4, 0.5) is 17.1 Å². The third-order valence-electron chi connectivity index (χ3n) is 3.29. The normalized spacial score (nSPS) is 14.8. The number of piperazine rings is 1. The lowest BCUT2D eigenvalue weighted by atomic mass is 10.1. The van der Waals surface area contributed by atoms with Crippen LogP contribution in [0.1, 0.15) is 26.3 Å². The Hall–Kier alpha value is -1.95. The summed E-state index contributed by atoms with van der Waals surface area (Å²) in [6.45, 7) is 12.0. The van der Waals surface area contributed by atoms with Gasteiger partial charge in [0.05, 0.1) is 11.4 Å². The molecular weight excluding hydrogens is 280 g/mol. The van der Waals surface area contributed by atoms with E-state index in [4.69, 9.17) is 11.5 Å². The van der Waals surface area contributed by atoms with Crippen molar-refractivity contribution in [3.63, 3.8) is 0 Å². The number of nitrogens with two attached hydrogens (primary N) is 2. The van der Waals surface area contributed by atoms with Gasteiger partial charge in [-0.25, -0.2) is 0 Å². The molecule has 0 amide bonds. The molecule has 0 aromatic heterocycles. The van der Waals surface area contributed by atoms with Crippen molar-refractivity contribution >= 4 is 23.5 Å². The average molecular weight is 308 g/mol. The monoisotopic (exact) mass is 308 g/mol. The number of nitrogens with one attached hydrogen (secondary N) is 1. The van der Waals surface area contributed by atoms with Crippen molar-refractivity contribution < 1.29 is 9.53 Å². The van der Waals surface area contributed by atoms with Crippen LogP contribution in [0.25, 0.3) is 0 Å². The van der Waals surface area contributed by atoms with Crippen LogP contribution in [0.5, 0.6) is 0 Å². The van der Waals surface area contributed by atoms with Crippen molar-refractivity contribution in [2.75, 3.05) is 42.5 Å². The van der Waals surface area contributed by atoms with Gasteiger partial charge in [0.2, 0.25) is 0 Å². The molecule has 2 rings (SSSR count). The first kappa shape index (κ1) is 18.1. The molecule has 1 aliphatic heterocycles. The highest BCUT2D eigenvalue weighted by Crippen LogP contribution is 2.27. The number of nitrogen functional groups attached to an aromatic ring is 2. The Balaban J connectivity index is 0.000000295. The summed E-state index contributed by atoms with van der Waals surface area (Å²) >= 11 is 0. The summed E-state index contributed by atoms with van der Waals surface area (Å²) < 4.78 is 4.55. The Morgan fingerprint density at radius 2 is 1.82 bits per heavy atom. The fourth-order valence-corrected chi connectivity index (χ4v) is 2.06. The standard InChI is InChI=1S/C11H18N4.C5H10O2/c1-8-6-9(7-10(12)11(8)13)15-4-2-14-3-5-15;1-5(2,3)7-4-6/h6-7,14H,2-5,12-13H2,1H3;4H,1-3H3. The topological polar surface area (TPSA) is 93.6 Å². The van der Waals surface area contributed by atoms with Gasteiger partial charge in [-0.1, -0.05) is 0 Å². The maximum absolute atomic E-state index is 9.60. The van der Waals surface area contributed by atoms with E-state index >= 15 is 0 Å². The number of ether oxygens (including phenoxy) is 1. The zero-order valence-corrected chi connectivity index (χ0v) is 14.0. The zero-order valence-electron chi connectivity index (χ0n) is 14.0. The van der Waals surface area contributed by atoms with Crippen molar-refractivity contribution in [3.8, 4) is 0 Å². The molecule has 0 radical (unpaired) electrons. The van der Waals surface area contributed by atoms with Crippen molar-refractivity contribution in [2.45, 2.75) is 33.3 Å². The second-order valence-corrected chi connectivity index (χ2v) is 6.33. The lowest BCUT2D eigenvalue weighted by molar-refractivity contribution is -0.138. The number of rotatable bonds is 2. The fraction of sp³-hybridized carbons (Fsp3) is 0.562. The van der Waals surface area contributed by atoms with Crippen LogP contribution >= 0.6 is 0 Å². The minimum absolute atomic E-state index is 0.318. The quantitative estimate of drug-likeness (QED) is 0.566. The van der Waals surface area contributed by atoms with Gasteiger partial charge in [-0.3, -0.25) is 4.79 Å². The van der Waals surface area contributed by atoms with Gasteiger partial charge in [0, 0.05) is 31.9 Å². The van der Waals surface area contributed by atoms with E-state index in [2.05, 4.69) is 21.0 Å². The summed E-state index contributed by atoms with van der Waals surface area (Å²) in [5.41, 5.74) is 15.0. The molecule has 1 heterocycles. The molecule has 6 heteroatoms. The molecule has 0 unspecified atom stereocenters. The highest BCUT2D eigenvalue weighted by molar-refractivity contribution is 5.73. The molecule has 0 saturated carbocycles. The Kier molecular flexibility index (Phi) is 6.49. The summed E-state index contributed by atoms with van der Waals surface area (Å²) in [5, 5.41) is 3.33. The summed E-state index contributed by atoms with van der Waals surface area (Å²) in [5.74, 6) is 0. The van der Waals surface area contributed by atoms with E-state index in [1.807, 2.05) is 33.8 Å². The van der Waals surface area contributed by atoms with Crippen LogP contribution < -0.4 is 21.7 Å². The zero-order chi connectivity index (χ0) is 16.8. The maximum Gasteiger partial charge on any atom is 0.293 e.